The highest BCUT2D eigenvalue weighted by atomic mass is 35.5. The van der Waals surface area contributed by atoms with Gasteiger partial charge in [-0.1, -0.05) is 17.7 Å². The number of nitrogens with zero attached hydrogens (tertiary/aromatic N) is 1. The van der Waals surface area contributed by atoms with E-state index in [1.807, 2.05) is 6.07 Å². The first kappa shape index (κ1) is 16.2. The zero-order valence-electron chi connectivity index (χ0n) is 12.6. The molecule has 2 rings (SSSR count). The number of carbonyl (C=O) groups is 1. The number of hydrogen-bond acceptors (Lipinski definition) is 3. The first-order valence-electron chi connectivity index (χ1n) is 6.89. The molecule has 5 heteroatoms. The molecule has 0 atom stereocenters. The van der Waals surface area contributed by atoms with Gasteiger partial charge in [-0.15, -0.1) is 0 Å². The molecule has 1 amide bonds. The van der Waals surface area contributed by atoms with E-state index in [-0.39, 0.29) is 5.91 Å². The number of carbonyl (C=O) groups excluding carboxylic acids is 1. The molecule has 0 aliphatic carbocycles. The van der Waals surface area contributed by atoms with E-state index in [2.05, 4.69) is 0 Å². The quantitative estimate of drug-likeness (QED) is 0.765. The largest absolute Gasteiger partial charge is 0.490 e. The van der Waals surface area contributed by atoms with Crippen molar-refractivity contribution in [2.45, 2.75) is 0 Å². The standard InChI is InChI=1S/C17H18ClNO3/c1-19(2)17(20)13-4-3-5-16(12-13)22-11-10-21-15-8-6-14(18)7-9-15/h3-9,12H,10-11H2,1-2H3. The van der Waals surface area contributed by atoms with Crippen molar-refractivity contribution in [2.75, 3.05) is 27.3 Å². The molecule has 0 aliphatic heterocycles. The van der Waals surface area contributed by atoms with Gasteiger partial charge in [-0.05, 0) is 42.5 Å². The molecule has 0 bridgehead atoms. The summed E-state index contributed by atoms with van der Waals surface area (Å²) in [4.78, 5) is 13.4. The van der Waals surface area contributed by atoms with Crippen LogP contribution >= 0.6 is 11.6 Å². The van der Waals surface area contributed by atoms with Crippen LogP contribution in [-0.2, 0) is 0 Å². The number of ether oxygens (including phenoxy) is 2. The second-order valence-corrected chi connectivity index (χ2v) is 5.31. The molecular weight excluding hydrogens is 302 g/mol. The van der Waals surface area contributed by atoms with Crippen molar-refractivity contribution in [3.63, 3.8) is 0 Å². The van der Waals surface area contributed by atoms with Crippen LogP contribution in [0.3, 0.4) is 0 Å². The molecule has 0 unspecified atom stereocenters. The molecule has 0 spiro atoms. The summed E-state index contributed by atoms with van der Waals surface area (Å²) >= 11 is 5.80. The molecule has 0 fully saturated rings. The minimum Gasteiger partial charge on any atom is -0.490 e. The van der Waals surface area contributed by atoms with Crippen molar-refractivity contribution in [3.05, 3.63) is 59.1 Å². The molecule has 0 saturated heterocycles. The van der Waals surface area contributed by atoms with Crippen LogP contribution in [0.2, 0.25) is 5.02 Å². The molecule has 0 N–H and O–H groups in total. The lowest BCUT2D eigenvalue weighted by molar-refractivity contribution is 0.0827. The Kier molecular flexibility index (Phi) is 5.67. The molecule has 116 valence electrons. The highest BCUT2D eigenvalue weighted by molar-refractivity contribution is 6.30. The first-order valence-corrected chi connectivity index (χ1v) is 7.27. The number of halogens is 1. The van der Waals surface area contributed by atoms with E-state index in [1.54, 1.807) is 56.6 Å². The summed E-state index contributed by atoms with van der Waals surface area (Å²) in [5.41, 5.74) is 0.598. The van der Waals surface area contributed by atoms with Crippen LogP contribution < -0.4 is 9.47 Å². The summed E-state index contributed by atoms with van der Waals surface area (Å²) in [5, 5.41) is 0.672. The highest BCUT2D eigenvalue weighted by Gasteiger charge is 2.08. The fourth-order valence-corrected chi connectivity index (χ4v) is 1.95. The third-order valence-electron chi connectivity index (χ3n) is 2.92. The number of amides is 1. The second kappa shape index (κ2) is 7.71. The van der Waals surface area contributed by atoms with Crippen LogP contribution in [0.1, 0.15) is 10.4 Å². The van der Waals surface area contributed by atoms with Crippen molar-refractivity contribution in [1.82, 2.24) is 4.90 Å². The monoisotopic (exact) mass is 319 g/mol. The molecule has 2 aromatic carbocycles. The Balaban J connectivity index is 1.83. The third kappa shape index (κ3) is 4.67. The first-order chi connectivity index (χ1) is 10.6. The Hall–Kier alpha value is -2.20. The number of hydrogen-bond donors (Lipinski definition) is 0. The van der Waals surface area contributed by atoms with Crippen LogP contribution in [0, 0.1) is 0 Å². The molecular formula is C17H18ClNO3. The Morgan fingerprint density at radius 1 is 1.00 bits per heavy atom. The maximum Gasteiger partial charge on any atom is 0.253 e. The number of benzene rings is 2. The third-order valence-corrected chi connectivity index (χ3v) is 3.17. The molecule has 0 radical (unpaired) electrons. The van der Waals surface area contributed by atoms with Gasteiger partial charge in [-0.3, -0.25) is 4.79 Å². The Bertz CT molecular complexity index is 626. The number of rotatable bonds is 6. The van der Waals surface area contributed by atoms with Crippen molar-refractivity contribution in [1.29, 1.82) is 0 Å². The van der Waals surface area contributed by atoms with E-state index in [0.29, 0.717) is 29.5 Å². The van der Waals surface area contributed by atoms with Gasteiger partial charge in [-0.2, -0.15) is 0 Å². The SMILES string of the molecule is CN(C)C(=O)c1cccc(OCCOc2ccc(Cl)cc2)c1. The molecule has 0 heterocycles. The summed E-state index contributed by atoms with van der Waals surface area (Å²) < 4.78 is 11.1. The molecule has 0 saturated carbocycles. The smallest absolute Gasteiger partial charge is 0.253 e. The Labute approximate surface area is 135 Å². The topological polar surface area (TPSA) is 38.8 Å². The van der Waals surface area contributed by atoms with Crippen molar-refractivity contribution in [2.24, 2.45) is 0 Å². The fraction of sp³-hybridized carbons (Fsp3) is 0.235. The van der Waals surface area contributed by atoms with Gasteiger partial charge in [0.15, 0.2) is 0 Å². The van der Waals surface area contributed by atoms with Crippen molar-refractivity contribution < 1.29 is 14.3 Å². The lowest BCUT2D eigenvalue weighted by atomic mass is 10.2. The van der Waals surface area contributed by atoms with E-state index in [9.17, 15) is 4.79 Å². The van der Waals surface area contributed by atoms with E-state index in [0.717, 1.165) is 5.75 Å². The predicted octanol–water partition coefficient (Wildman–Crippen LogP) is 3.50. The normalized spacial score (nSPS) is 10.1. The molecule has 0 aromatic heterocycles. The summed E-state index contributed by atoms with van der Waals surface area (Å²) in [6.45, 7) is 0.801. The lowest BCUT2D eigenvalue weighted by Crippen LogP contribution is -2.21. The lowest BCUT2D eigenvalue weighted by Gasteiger charge is -2.12. The van der Waals surface area contributed by atoms with Gasteiger partial charge >= 0.3 is 0 Å². The average molecular weight is 320 g/mol. The van der Waals surface area contributed by atoms with Gasteiger partial charge in [0, 0.05) is 24.7 Å². The predicted molar refractivity (Wildman–Crippen MR) is 86.9 cm³/mol. The van der Waals surface area contributed by atoms with Crippen LogP contribution in [0.25, 0.3) is 0 Å². The minimum absolute atomic E-state index is 0.0529. The fourth-order valence-electron chi connectivity index (χ4n) is 1.83. The Morgan fingerprint density at radius 2 is 1.64 bits per heavy atom. The van der Waals surface area contributed by atoms with Gasteiger partial charge in [0.25, 0.3) is 5.91 Å². The van der Waals surface area contributed by atoms with Crippen LogP contribution in [0.5, 0.6) is 11.5 Å². The maximum atomic E-state index is 11.9. The van der Waals surface area contributed by atoms with Gasteiger partial charge in [0.2, 0.25) is 0 Å². The van der Waals surface area contributed by atoms with Crippen LogP contribution in [0.4, 0.5) is 0 Å². The summed E-state index contributed by atoms with van der Waals surface area (Å²) in [6.07, 6.45) is 0. The minimum atomic E-state index is -0.0529. The van der Waals surface area contributed by atoms with Gasteiger partial charge in [0.05, 0.1) is 0 Å². The van der Waals surface area contributed by atoms with E-state index in [4.69, 9.17) is 21.1 Å². The Morgan fingerprint density at radius 3 is 2.27 bits per heavy atom. The van der Waals surface area contributed by atoms with Crippen molar-refractivity contribution in [3.8, 4) is 11.5 Å². The van der Waals surface area contributed by atoms with Crippen molar-refractivity contribution >= 4 is 17.5 Å². The van der Waals surface area contributed by atoms with E-state index >= 15 is 0 Å². The van der Waals surface area contributed by atoms with E-state index in [1.165, 1.54) is 4.90 Å². The van der Waals surface area contributed by atoms with E-state index < -0.39 is 0 Å². The van der Waals surface area contributed by atoms with Crippen LogP contribution in [-0.4, -0.2) is 38.1 Å². The van der Waals surface area contributed by atoms with Crippen LogP contribution in [0.15, 0.2) is 48.5 Å². The zero-order valence-corrected chi connectivity index (χ0v) is 13.3. The van der Waals surface area contributed by atoms with Gasteiger partial charge in [-0.25, -0.2) is 0 Å². The summed E-state index contributed by atoms with van der Waals surface area (Å²) in [7, 11) is 3.44. The van der Waals surface area contributed by atoms with Gasteiger partial charge < -0.3 is 14.4 Å². The highest BCUT2D eigenvalue weighted by Crippen LogP contribution is 2.16. The van der Waals surface area contributed by atoms with Gasteiger partial charge in [0.1, 0.15) is 24.7 Å². The molecule has 22 heavy (non-hydrogen) atoms. The molecule has 0 aliphatic rings. The summed E-state index contributed by atoms with van der Waals surface area (Å²) in [6, 6.07) is 14.3. The summed E-state index contributed by atoms with van der Waals surface area (Å²) in [5.74, 6) is 1.33. The molecule has 2 aromatic rings. The maximum absolute atomic E-state index is 11.9. The second-order valence-electron chi connectivity index (χ2n) is 4.88. The molecule has 4 nitrogen and oxygen atoms in total. The zero-order chi connectivity index (χ0) is 15.9. The average Bonchev–Trinajstić information content (AvgIpc) is 2.52.